The first-order valence-corrected chi connectivity index (χ1v) is 13.4. The number of H-pyrrole nitrogens is 2. The Morgan fingerprint density at radius 2 is 2.10 bits per heavy atom. The Morgan fingerprint density at radius 3 is 2.88 bits per heavy atom. The van der Waals surface area contributed by atoms with Crippen molar-refractivity contribution in [3.63, 3.8) is 0 Å². The lowest BCUT2D eigenvalue weighted by molar-refractivity contribution is -0.138. The van der Waals surface area contributed by atoms with Crippen LogP contribution in [-0.2, 0) is 12.6 Å². The largest absolute Gasteiger partial charge is 0.462 e. The van der Waals surface area contributed by atoms with E-state index in [9.17, 15) is 18.4 Å². The topological polar surface area (TPSA) is 122 Å². The maximum absolute atomic E-state index is 14.1. The minimum Gasteiger partial charge on any atom is -0.462 e. The number of nitrogens with one attached hydrogen (secondary N) is 3. The lowest BCUT2D eigenvalue weighted by Gasteiger charge is -2.33. The Balaban J connectivity index is 1.41. The van der Waals surface area contributed by atoms with Crippen LogP contribution in [0.4, 0.5) is 19.0 Å². The van der Waals surface area contributed by atoms with Gasteiger partial charge in [-0.1, -0.05) is 0 Å². The number of alkyl halides is 3. The van der Waals surface area contributed by atoms with Crippen molar-refractivity contribution < 1.29 is 17.9 Å². The van der Waals surface area contributed by atoms with E-state index >= 15 is 0 Å². The molecular weight excluding hydrogens is 523 g/mol. The number of fused-ring (bicyclic) bond motifs is 2. The molecule has 2 aliphatic rings. The molecule has 6 rings (SSSR count). The molecule has 0 aliphatic carbocycles. The first-order chi connectivity index (χ1) is 19.3. The van der Waals surface area contributed by atoms with Crippen molar-refractivity contribution in [2.24, 2.45) is 0 Å². The Kier molecular flexibility index (Phi) is 6.97. The van der Waals surface area contributed by atoms with Gasteiger partial charge in [-0.2, -0.15) is 33.5 Å². The fraction of sp³-hybridized carbons (Fsp3) is 0.481. The van der Waals surface area contributed by atoms with E-state index in [-0.39, 0.29) is 30.1 Å². The fourth-order valence-electron chi connectivity index (χ4n) is 5.80. The second-order valence-electron chi connectivity index (χ2n) is 10.5. The van der Waals surface area contributed by atoms with Gasteiger partial charge < -0.3 is 24.8 Å². The zero-order chi connectivity index (χ0) is 27.9. The van der Waals surface area contributed by atoms with Crippen LogP contribution in [0.1, 0.15) is 36.0 Å². The minimum absolute atomic E-state index is 0.00835. The number of piperazine rings is 1. The zero-order valence-electron chi connectivity index (χ0n) is 22.1. The highest BCUT2D eigenvalue weighted by molar-refractivity contribution is 5.91. The van der Waals surface area contributed by atoms with E-state index in [0.717, 1.165) is 25.5 Å². The lowest BCUT2D eigenvalue weighted by Crippen LogP contribution is -2.51. The Labute approximate surface area is 228 Å². The molecule has 0 unspecified atom stereocenters. The van der Waals surface area contributed by atoms with Gasteiger partial charge in [0.15, 0.2) is 5.82 Å². The summed E-state index contributed by atoms with van der Waals surface area (Å²) in [5, 5.41) is 19.7. The number of aromatic amines is 2. The number of hydrogen-bond acceptors (Lipinski definition) is 8. The lowest BCUT2D eigenvalue weighted by atomic mass is 9.97. The molecule has 4 aromatic rings. The molecule has 210 valence electrons. The number of benzene rings is 1. The normalized spacial score (nSPS) is 20.4. The van der Waals surface area contributed by atoms with Gasteiger partial charge in [-0.25, -0.2) is 0 Å². The number of likely N-dealkylation sites (tertiary alicyclic amines) is 1. The van der Waals surface area contributed by atoms with Crippen LogP contribution < -0.4 is 15.0 Å². The standard InChI is InChI=1S/C27H30F3N9O/c1-38-9-2-3-18(38)15-40-26-35-23-16(11-19-20-13-34-37-22(20)5-4-21(19)27(28,29)30)12-33-24(23)25(36-26)39-10-8-32-17(14-39)6-7-31/h4-5,12-13,17-18,32-33H,2-3,6,8-11,14-15H2,1H3,(H,34,37)/t17-,18-/m0/s1. The minimum atomic E-state index is -4.52. The SMILES string of the molecule is CN1CCC[C@H]1COc1nc(N2CCN[C@@H](CC#N)C2)c2[nH]cc(Cc3c(C(F)(F)F)ccc4[nH]ncc34)c2n1. The van der Waals surface area contributed by atoms with Crippen LogP contribution in [-0.4, -0.2) is 82.0 Å². The quantitative estimate of drug-likeness (QED) is 0.317. The summed E-state index contributed by atoms with van der Waals surface area (Å²) in [6.07, 6.45) is 1.07. The molecule has 0 amide bonds. The van der Waals surface area contributed by atoms with Gasteiger partial charge in [0, 0.05) is 55.3 Å². The van der Waals surface area contributed by atoms with Gasteiger partial charge in [0.25, 0.3) is 0 Å². The maximum atomic E-state index is 14.1. The molecule has 2 fully saturated rings. The number of nitriles is 1. The summed E-state index contributed by atoms with van der Waals surface area (Å²) in [7, 11) is 2.06. The first kappa shape index (κ1) is 26.3. The van der Waals surface area contributed by atoms with Crippen LogP contribution >= 0.6 is 0 Å². The molecule has 0 bridgehead atoms. The van der Waals surface area contributed by atoms with Gasteiger partial charge in [-0.3, -0.25) is 5.10 Å². The van der Waals surface area contributed by atoms with Crippen molar-refractivity contribution in [2.45, 2.75) is 43.9 Å². The summed E-state index contributed by atoms with van der Waals surface area (Å²) in [4.78, 5) is 17.0. The van der Waals surface area contributed by atoms with E-state index in [1.54, 1.807) is 6.20 Å². The number of anilines is 1. The molecule has 2 aliphatic heterocycles. The van der Waals surface area contributed by atoms with Gasteiger partial charge in [-0.05, 0) is 44.1 Å². The molecule has 0 spiro atoms. The van der Waals surface area contributed by atoms with Crippen LogP contribution in [0.15, 0.2) is 24.5 Å². The molecule has 13 heteroatoms. The number of ether oxygens (including phenoxy) is 1. The van der Waals surface area contributed by atoms with E-state index in [1.807, 2.05) is 0 Å². The van der Waals surface area contributed by atoms with Gasteiger partial charge in [0.2, 0.25) is 0 Å². The molecule has 3 N–H and O–H groups in total. The zero-order valence-corrected chi connectivity index (χ0v) is 22.1. The number of nitrogens with zero attached hydrogens (tertiary/aromatic N) is 6. The highest BCUT2D eigenvalue weighted by Crippen LogP contribution is 2.38. The molecule has 0 radical (unpaired) electrons. The average Bonchev–Trinajstić information content (AvgIpc) is 3.67. The maximum Gasteiger partial charge on any atom is 0.416 e. The first-order valence-electron chi connectivity index (χ1n) is 13.4. The summed E-state index contributed by atoms with van der Waals surface area (Å²) >= 11 is 0. The Morgan fingerprint density at radius 1 is 1.23 bits per heavy atom. The van der Waals surface area contributed by atoms with Crippen molar-refractivity contribution in [1.29, 1.82) is 5.26 Å². The third-order valence-corrected chi connectivity index (χ3v) is 7.94. The molecule has 10 nitrogen and oxygen atoms in total. The van der Waals surface area contributed by atoms with Gasteiger partial charge in [-0.15, -0.1) is 0 Å². The summed E-state index contributed by atoms with van der Waals surface area (Å²) in [5.41, 5.74) is 1.71. The van der Waals surface area contributed by atoms with Crippen LogP contribution in [0.25, 0.3) is 21.9 Å². The highest BCUT2D eigenvalue weighted by atomic mass is 19.4. The van der Waals surface area contributed by atoms with Crippen molar-refractivity contribution in [3.8, 4) is 12.1 Å². The van der Waals surface area contributed by atoms with E-state index in [0.29, 0.717) is 66.0 Å². The van der Waals surface area contributed by atoms with Crippen LogP contribution in [0.3, 0.4) is 0 Å². The van der Waals surface area contributed by atoms with Gasteiger partial charge in [0.05, 0.1) is 29.8 Å². The number of aromatic nitrogens is 5. The molecule has 2 atom stereocenters. The average molecular weight is 554 g/mol. The molecule has 0 saturated carbocycles. The summed E-state index contributed by atoms with van der Waals surface area (Å²) in [5.74, 6) is 0.619. The monoisotopic (exact) mass is 553 g/mol. The van der Waals surface area contributed by atoms with Crippen LogP contribution in [0.2, 0.25) is 0 Å². The third kappa shape index (κ3) is 5.04. The summed E-state index contributed by atoms with van der Waals surface area (Å²) < 4.78 is 48.3. The van der Waals surface area contributed by atoms with Gasteiger partial charge >= 0.3 is 12.2 Å². The predicted octanol–water partition coefficient (Wildman–Crippen LogP) is 3.61. The second kappa shape index (κ2) is 10.6. The second-order valence-corrected chi connectivity index (χ2v) is 10.5. The fourth-order valence-corrected chi connectivity index (χ4v) is 5.80. The molecular formula is C27H30F3N9O. The Bertz CT molecular complexity index is 1560. The molecule has 2 saturated heterocycles. The van der Waals surface area contributed by atoms with Crippen LogP contribution in [0.5, 0.6) is 6.01 Å². The highest BCUT2D eigenvalue weighted by Gasteiger charge is 2.35. The number of rotatable bonds is 7. The Hall–Kier alpha value is -3.89. The molecule has 5 heterocycles. The number of halogens is 3. The van der Waals surface area contributed by atoms with Crippen molar-refractivity contribution >= 4 is 27.8 Å². The number of hydrogen-bond donors (Lipinski definition) is 3. The molecule has 40 heavy (non-hydrogen) atoms. The van der Waals surface area contributed by atoms with E-state index in [4.69, 9.17) is 14.7 Å². The van der Waals surface area contributed by atoms with Crippen molar-refractivity contribution in [2.75, 3.05) is 44.7 Å². The van der Waals surface area contributed by atoms with Crippen LogP contribution in [0, 0.1) is 11.3 Å². The molecule has 1 aromatic carbocycles. The number of likely N-dealkylation sites (N-methyl/N-ethyl adjacent to an activating group) is 1. The van der Waals surface area contributed by atoms with E-state index in [1.165, 1.54) is 12.3 Å². The van der Waals surface area contributed by atoms with Gasteiger partial charge in [0.1, 0.15) is 17.6 Å². The summed E-state index contributed by atoms with van der Waals surface area (Å²) in [6.45, 7) is 3.31. The van der Waals surface area contributed by atoms with E-state index < -0.39 is 11.7 Å². The predicted molar refractivity (Wildman–Crippen MR) is 143 cm³/mol. The third-order valence-electron chi connectivity index (χ3n) is 7.94. The summed E-state index contributed by atoms with van der Waals surface area (Å²) in [6, 6.07) is 5.12. The smallest absolute Gasteiger partial charge is 0.416 e. The molecule has 3 aromatic heterocycles. The van der Waals surface area contributed by atoms with Crippen molar-refractivity contribution in [1.82, 2.24) is 35.4 Å². The van der Waals surface area contributed by atoms with E-state index in [2.05, 4.69) is 43.4 Å². The van der Waals surface area contributed by atoms with Crippen molar-refractivity contribution in [3.05, 3.63) is 41.2 Å².